The van der Waals surface area contributed by atoms with Crippen molar-refractivity contribution >= 4 is 11.9 Å². The van der Waals surface area contributed by atoms with E-state index in [1.807, 2.05) is 30.3 Å². The first-order valence-electron chi connectivity index (χ1n) is 9.37. The van der Waals surface area contributed by atoms with E-state index in [2.05, 4.69) is 20.8 Å². The molecule has 1 rings (SSSR count). The van der Waals surface area contributed by atoms with Gasteiger partial charge in [-0.25, -0.2) is 0 Å². The molecule has 4 heteroatoms. The zero-order valence-electron chi connectivity index (χ0n) is 16.0. The molecule has 1 aromatic rings. The van der Waals surface area contributed by atoms with Crippen molar-refractivity contribution in [2.24, 2.45) is 5.92 Å². The van der Waals surface area contributed by atoms with Crippen LogP contribution in [-0.4, -0.2) is 23.7 Å². The van der Waals surface area contributed by atoms with Gasteiger partial charge in [-0.15, -0.1) is 0 Å². The third kappa shape index (κ3) is 16.8. The summed E-state index contributed by atoms with van der Waals surface area (Å²) in [7, 11) is 0. The van der Waals surface area contributed by atoms with Crippen molar-refractivity contribution in [3.8, 4) is 0 Å². The topological polar surface area (TPSA) is 63.6 Å². The SMILES string of the molecule is CC(C)CCOC(=O)Cc1ccccc1.CCCCCCCC(=O)O. The molecule has 0 atom stereocenters. The van der Waals surface area contributed by atoms with E-state index in [1.54, 1.807) is 0 Å². The number of hydrogen-bond acceptors (Lipinski definition) is 3. The maximum absolute atomic E-state index is 11.4. The zero-order chi connectivity index (χ0) is 18.9. The second-order valence-corrected chi connectivity index (χ2v) is 6.62. The van der Waals surface area contributed by atoms with Crippen LogP contribution in [0.25, 0.3) is 0 Å². The van der Waals surface area contributed by atoms with Crippen LogP contribution in [-0.2, 0) is 20.7 Å². The molecule has 0 aliphatic heterocycles. The van der Waals surface area contributed by atoms with Crippen molar-refractivity contribution in [2.75, 3.05) is 6.61 Å². The minimum absolute atomic E-state index is 0.137. The minimum Gasteiger partial charge on any atom is -0.481 e. The van der Waals surface area contributed by atoms with E-state index in [9.17, 15) is 9.59 Å². The van der Waals surface area contributed by atoms with E-state index >= 15 is 0 Å². The molecule has 0 saturated heterocycles. The molecule has 1 N–H and O–H groups in total. The lowest BCUT2D eigenvalue weighted by Gasteiger charge is -2.06. The molecular formula is C21H34O4. The number of esters is 1. The van der Waals surface area contributed by atoms with Gasteiger partial charge in [0.25, 0.3) is 0 Å². The van der Waals surface area contributed by atoms with Crippen LogP contribution >= 0.6 is 0 Å². The van der Waals surface area contributed by atoms with Crippen LogP contribution in [0, 0.1) is 5.92 Å². The summed E-state index contributed by atoms with van der Waals surface area (Å²) in [5.74, 6) is -0.229. The average Bonchev–Trinajstić information content (AvgIpc) is 2.55. The van der Waals surface area contributed by atoms with Gasteiger partial charge in [0.15, 0.2) is 0 Å². The quantitative estimate of drug-likeness (QED) is 0.437. The summed E-state index contributed by atoms with van der Waals surface area (Å²) in [5, 5.41) is 8.27. The fourth-order valence-electron chi connectivity index (χ4n) is 2.10. The summed E-state index contributed by atoms with van der Waals surface area (Å²) in [6.45, 7) is 6.91. The van der Waals surface area contributed by atoms with Gasteiger partial charge in [0, 0.05) is 6.42 Å². The van der Waals surface area contributed by atoms with Crippen molar-refractivity contribution in [1.29, 1.82) is 0 Å². The number of hydrogen-bond donors (Lipinski definition) is 1. The predicted octanol–water partition coefficient (Wildman–Crippen LogP) is 5.25. The number of carbonyl (C=O) groups excluding carboxylic acids is 1. The second kappa shape index (κ2) is 15.7. The Morgan fingerprint density at radius 3 is 2.24 bits per heavy atom. The normalized spacial score (nSPS) is 10.1. The van der Waals surface area contributed by atoms with Crippen molar-refractivity contribution in [1.82, 2.24) is 0 Å². The van der Waals surface area contributed by atoms with Gasteiger partial charge in [-0.2, -0.15) is 0 Å². The number of ether oxygens (including phenoxy) is 1. The van der Waals surface area contributed by atoms with Crippen LogP contribution in [0.4, 0.5) is 0 Å². The summed E-state index contributed by atoms with van der Waals surface area (Å²) in [6, 6.07) is 9.66. The predicted molar refractivity (Wildman–Crippen MR) is 102 cm³/mol. The highest BCUT2D eigenvalue weighted by molar-refractivity contribution is 5.72. The summed E-state index contributed by atoms with van der Waals surface area (Å²) < 4.78 is 5.12. The van der Waals surface area contributed by atoms with Crippen molar-refractivity contribution < 1.29 is 19.4 Å². The lowest BCUT2D eigenvalue weighted by atomic mass is 10.1. The second-order valence-electron chi connectivity index (χ2n) is 6.62. The number of carboxylic acid groups (broad SMARTS) is 1. The summed E-state index contributed by atoms with van der Waals surface area (Å²) in [6.07, 6.45) is 7.19. The van der Waals surface area contributed by atoms with Gasteiger partial charge >= 0.3 is 11.9 Å². The average molecular weight is 350 g/mol. The van der Waals surface area contributed by atoms with Crippen LogP contribution in [0.5, 0.6) is 0 Å². The van der Waals surface area contributed by atoms with E-state index in [0.29, 0.717) is 25.4 Å². The fourth-order valence-corrected chi connectivity index (χ4v) is 2.10. The van der Waals surface area contributed by atoms with Gasteiger partial charge in [-0.3, -0.25) is 9.59 Å². The van der Waals surface area contributed by atoms with Crippen LogP contribution in [0.15, 0.2) is 30.3 Å². The van der Waals surface area contributed by atoms with Crippen LogP contribution in [0.1, 0.15) is 71.3 Å². The Kier molecular flexibility index (Phi) is 14.5. The Morgan fingerprint density at radius 2 is 1.68 bits per heavy atom. The molecule has 142 valence electrons. The first-order valence-corrected chi connectivity index (χ1v) is 9.37. The third-order valence-electron chi connectivity index (χ3n) is 3.64. The fraction of sp³-hybridized carbons (Fsp3) is 0.619. The standard InChI is InChI=1S/C13H18O2.C8H16O2/c1-11(2)8-9-15-13(14)10-12-6-4-3-5-7-12;1-2-3-4-5-6-7-8(9)10/h3-7,11H,8-10H2,1-2H3;2-7H2,1H3,(H,9,10). The molecule has 0 heterocycles. The van der Waals surface area contributed by atoms with Gasteiger partial charge in [-0.05, 0) is 24.3 Å². The smallest absolute Gasteiger partial charge is 0.310 e. The van der Waals surface area contributed by atoms with Crippen LogP contribution in [0.2, 0.25) is 0 Å². The van der Waals surface area contributed by atoms with E-state index in [-0.39, 0.29) is 5.97 Å². The minimum atomic E-state index is -0.670. The maximum atomic E-state index is 11.4. The zero-order valence-corrected chi connectivity index (χ0v) is 16.0. The van der Waals surface area contributed by atoms with E-state index < -0.39 is 5.97 Å². The van der Waals surface area contributed by atoms with Gasteiger partial charge in [0.05, 0.1) is 13.0 Å². The molecule has 0 bridgehead atoms. The molecule has 0 radical (unpaired) electrons. The van der Waals surface area contributed by atoms with Crippen LogP contribution in [0.3, 0.4) is 0 Å². The number of carbonyl (C=O) groups is 2. The number of carboxylic acids is 1. The lowest BCUT2D eigenvalue weighted by molar-refractivity contribution is -0.143. The molecular weight excluding hydrogens is 316 g/mol. The Morgan fingerprint density at radius 1 is 1.04 bits per heavy atom. The van der Waals surface area contributed by atoms with Crippen molar-refractivity contribution in [3.63, 3.8) is 0 Å². The lowest BCUT2D eigenvalue weighted by Crippen LogP contribution is -2.10. The Labute approximate surface area is 152 Å². The Hall–Kier alpha value is -1.84. The maximum Gasteiger partial charge on any atom is 0.310 e. The van der Waals surface area contributed by atoms with Gasteiger partial charge < -0.3 is 9.84 Å². The summed E-state index contributed by atoms with van der Waals surface area (Å²) in [4.78, 5) is 21.4. The number of unbranched alkanes of at least 4 members (excludes halogenated alkanes) is 4. The molecule has 25 heavy (non-hydrogen) atoms. The molecule has 0 aliphatic rings. The molecule has 0 unspecified atom stereocenters. The Bertz CT molecular complexity index is 454. The van der Waals surface area contributed by atoms with Crippen molar-refractivity contribution in [2.45, 2.75) is 72.1 Å². The summed E-state index contributed by atoms with van der Waals surface area (Å²) in [5.41, 5.74) is 1.01. The van der Waals surface area contributed by atoms with Gasteiger partial charge in [-0.1, -0.05) is 76.8 Å². The molecule has 4 nitrogen and oxygen atoms in total. The molecule has 0 amide bonds. The molecule has 0 saturated carbocycles. The van der Waals surface area contributed by atoms with Gasteiger partial charge in [0.1, 0.15) is 0 Å². The first kappa shape index (κ1) is 23.2. The largest absolute Gasteiger partial charge is 0.481 e. The van der Waals surface area contributed by atoms with Crippen molar-refractivity contribution in [3.05, 3.63) is 35.9 Å². The molecule has 0 aromatic heterocycles. The van der Waals surface area contributed by atoms with Crippen LogP contribution < -0.4 is 0 Å². The number of benzene rings is 1. The highest BCUT2D eigenvalue weighted by Crippen LogP contribution is 2.04. The highest BCUT2D eigenvalue weighted by Gasteiger charge is 2.04. The molecule has 1 aromatic carbocycles. The summed E-state index contributed by atoms with van der Waals surface area (Å²) >= 11 is 0. The highest BCUT2D eigenvalue weighted by atomic mass is 16.5. The number of aliphatic carboxylic acids is 1. The monoisotopic (exact) mass is 350 g/mol. The Balaban J connectivity index is 0.000000504. The molecule has 0 fully saturated rings. The number of rotatable bonds is 11. The third-order valence-corrected chi connectivity index (χ3v) is 3.64. The van der Waals surface area contributed by atoms with E-state index in [0.717, 1.165) is 24.8 Å². The van der Waals surface area contributed by atoms with Gasteiger partial charge in [0.2, 0.25) is 0 Å². The van der Waals surface area contributed by atoms with E-state index in [1.165, 1.54) is 19.3 Å². The van der Waals surface area contributed by atoms with E-state index in [4.69, 9.17) is 9.84 Å². The molecule has 0 aliphatic carbocycles. The molecule has 0 spiro atoms. The first-order chi connectivity index (χ1) is 12.0.